The molecule has 0 N–H and O–H groups in total. The minimum Gasteiger partial charge on any atom is -0.501 e. The fourth-order valence-corrected chi connectivity index (χ4v) is 0.976. The second kappa shape index (κ2) is 3.28. The topological polar surface area (TPSA) is 18.5 Å². The molecule has 1 aliphatic rings. The Morgan fingerprint density at radius 3 is 2.55 bits per heavy atom. The third-order valence-electron chi connectivity index (χ3n) is 1.55. The van der Waals surface area contributed by atoms with Gasteiger partial charge in [-0.25, -0.2) is 0 Å². The molecule has 1 rings (SSSR count). The van der Waals surface area contributed by atoms with E-state index in [2.05, 4.69) is 6.58 Å². The van der Waals surface area contributed by atoms with Crippen molar-refractivity contribution in [2.24, 2.45) is 0 Å². The zero-order valence-corrected chi connectivity index (χ0v) is 6.89. The number of hydrogen-bond acceptors (Lipinski definition) is 2. The van der Waals surface area contributed by atoms with Gasteiger partial charge in [0, 0.05) is 12.5 Å². The Kier molecular flexibility index (Phi) is 2.36. The number of ether oxygens (including phenoxy) is 2. The zero-order chi connectivity index (χ0) is 8.27. The number of rotatable bonds is 2. The van der Waals surface area contributed by atoms with Crippen LogP contribution in [0.25, 0.3) is 0 Å². The van der Waals surface area contributed by atoms with Crippen molar-refractivity contribution in [2.45, 2.75) is 6.42 Å². The molecule has 2 heteroatoms. The average Bonchev–Trinajstić information content (AvgIpc) is 2.03. The molecule has 11 heavy (non-hydrogen) atoms. The molecule has 0 aromatic carbocycles. The van der Waals surface area contributed by atoms with Crippen molar-refractivity contribution in [1.29, 1.82) is 0 Å². The predicted molar refractivity (Wildman–Crippen MR) is 43.9 cm³/mol. The van der Waals surface area contributed by atoms with Crippen LogP contribution in [0.2, 0.25) is 0 Å². The van der Waals surface area contributed by atoms with Crippen LogP contribution in [-0.4, -0.2) is 14.2 Å². The SMILES string of the molecule is C=C1C=C(OC)C=C(OC)C1. The van der Waals surface area contributed by atoms with Gasteiger partial charge in [0.25, 0.3) is 0 Å². The highest BCUT2D eigenvalue weighted by atomic mass is 16.5. The van der Waals surface area contributed by atoms with E-state index in [-0.39, 0.29) is 0 Å². The van der Waals surface area contributed by atoms with Crippen molar-refractivity contribution in [2.75, 3.05) is 14.2 Å². The van der Waals surface area contributed by atoms with E-state index in [0.717, 1.165) is 23.5 Å². The number of hydrogen-bond donors (Lipinski definition) is 0. The van der Waals surface area contributed by atoms with Crippen LogP contribution in [0.5, 0.6) is 0 Å². The van der Waals surface area contributed by atoms with Crippen LogP contribution < -0.4 is 0 Å². The minimum atomic E-state index is 0.781. The summed E-state index contributed by atoms with van der Waals surface area (Å²) in [6.07, 6.45) is 4.56. The van der Waals surface area contributed by atoms with E-state index >= 15 is 0 Å². The summed E-state index contributed by atoms with van der Waals surface area (Å²) in [6.45, 7) is 3.83. The van der Waals surface area contributed by atoms with Gasteiger partial charge in [-0.15, -0.1) is 0 Å². The Hall–Kier alpha value is -1.18. The van der Waals surface area contributed by atoms with Crippen molar-refractivity contribution < 1.29 is 9.47 Å². The van der Waals surface area contributed by atoms with Crippen molar-refractivity contribution >= 4 is 0 Å². The molecule has 0 fully saturated rings. The van der Waals surface area contributed by atoms with E-state index in [1.54, 1.807) is 14.2 Å². The maximum Gasteiger partial charge on any atom is 0.122 e. The summed E-state index contributed by atoms with van der Waals surface area (Å²) in [5, 5.41) is 0. The summed E-state index contributed by atoms with van der Waals surface area (Å²) in [4.78, 5) is 0. The fraction of sp³-hybridized carbons (Fsp3) is 0.333. The van der Waals surface area contributed by atoms with Gasteiger partial charge in [0.15, 0.2) is 0 Å². The van der Waals surface area contributed by atoms with Gasteiger partial charge in [-0.3, -0.25) is 0 Å². The van der Waals surface area contributed by atoms with Crippen molar-refractivity contribution in [3.05, 3.63) is 35.8 Å². The summed E-state index contributed by atoms with van der Waals surface area (Å²) in [7, 11) is 3.28. The molecule has 0 amide bonds. The van der Waals surface area contributed by atoms with Gasteiger partial charge in [-0.1, -0.05) is 6.58 Å². The Bertz CT molecular complexity index is 224. The molecule has 0 aromatic rings. The summed E-state index contributed by atoms with van der Waals surface area (Å²) in [6, 6.07) is 0. The third kappa shape index (κ3) is 1.87. The first-order valence-corrected chi connectivity index (χ1v) is 3.44. The van der Waals surface area contributed by atoms with E-state index in [9.17, 15) is 0 Å². The van der Waals surface area contributed by atoms with Crippen LogP contribution in [0, 0.1) is 0 Å². The van der Waals surface area contributed by atoms with E-state index in [0.29, 0.717) is 0 Å². The van der Waals surface area contributed by atoms with Gasteiger partial charge in [0.05, 0.1) is 14.2 Å². The van der Waals surface area contributed by atoms with Gasteiger partial charge < -0.3 is 9.47 Å². The monoisotopic (exact) mass is 152 g/mol. The number of allylic oxidation sites excluding steroid dienone is 3. The Morgan fingerprint density at radius 2 is 2.00 bits per heavy atom. The highest BCUT2D eigenvalue weighted by molar-refractivity contribution is 5.34. The van der Waals surface area contributed by atoms with Crippen LogP contribution >= 0.6 is 0 Å². The summed E-state index contributed by atoms with van der Waals surface area (Å²) in [5.74, 6) is 1.70. The number of methoxy groups -OCH3 is 2. The lowest BCUT2D eigenvalue weighted by atomic mass is 10.1. The molecule has 0 spiro atoms. The molecule has 0 radical (unpaired) electrons. The normalized spacial score (nSPS) is 17.1. The molecule has 0 unspecified atom stereocenters. The summed E-state index contributed by atoms with van der Waals surface area (Å²) < 4.78 is 10.1. The van der Waals surface area contributed by atoms with Gasteiger partial charge in [-0.05, 0) is 11.6 Å². The molecule has 60 valence electrons. The molecular formula is C9H12O2. The molecule has 1 aliphatic carbocycles. The lowest BCUT2D eigenvalue weighted by molar-refractivity contribution is 0.265. The first-order chi connectivity index (χ1) is 5.26. The van der Waals surface area contributed by atoms with Crippen molar-refractivity contribution in [3.63, 3.8) is 0 Å². The summed E-state index contributed by atoms with van der Waals surface area (Å²) in [5.41, 5.74) is 1.02. The summed E-state index contributed by atoms with van der Waals surface area (Å²) >= 11 is 0. The standard InChI is InChI=1S/C9H12O2/c1-7-4-8(10-2)6-9(5-7)11-3/h4,6H,1,5H2,2-3H3. The molecule has 0 heterocycles. The maximum absolute atomic E-state index is 5.07. The Morgan fingerprint density at radius 1 is 1.27 bits per heavy atom. The van der Waals surface area contributed by atoms with Crippen molar-refractivity contribution in [3.8, 4) is 0 Å². The van der Waals surface area contributed by atoms with Crippen LogP contribution in [0.15, 0.2) is 35.8 Å². The zero-order valence-electron chi connectivity index (χ0n) is 6.89. The smallest absolute Gasteiger partial charge is 0.122 e. The molecule has 0 saturated heterocycles. The molecule has 0 bridgehead atoms. The molecular weight excluding hydrogens is 140 g/mol. The Balaban J connectivity index is 2.79. The predicted octanol–water partition coefficient (Wildman–Crippen LogP) is 2.01. The van der Waals surface area contributed by atoms with E-state index in [1.165, 1.54) is 0 Å². The molecule has 0 aromatic heterocycles. The van der Waals surface area contributed by atoms with E-state index in [4.69, 9.17) is 9.47 Å². The van der Waals surface area contributed by atoms with E-state index in [1.807, 2.05) is 12.2 Å². The molecule has 0 aliphatic heterocycles. The van der Waals surface area contributed by atoms with E-state index < -0.39 is 0 Å². The van der Waals surface area contributed by atoms with Crippen LogP contribution in [0.3, 0.4) is 0 Å². The lowest BCUT2D eigenvalue weighted by Gasteiger charge is -2.13. The highest BCUT2D eigenvalue weighted by Crippen LogP contribution is 2.20. The largest absolute Gasteiger partial charge is 0.501 e. The van der Waals surface area contributed by atoms with Crippen LogP contribution in [0.4, 0.5) is 0 Å². The highest BCUT2D eigenvalue weighted by Gasteiger charge is 2.07. The van der Waals surface area contributed by atoms with Gasteiger partial charge in [0.2, 0.25) is 0 Å². The second-order valence-corrected chi connectivity index (χ2v) is 2.40. The second-order valence-electron chi connectivity index (χ2n) is 2.40. The lowest BCUT2D eigenvalue weighted by Crippen LogP contribution is -1.97. The average molecular weight is 152 g/mol. The first-order valence-electron chi connectivity index (χ1n) is 3.44. The fourth-order valence-electron chi connectivity index (χ4n) is 0.976. The first kappa shape index (κ1) is 7.92. The minimum absolute atomic E-state index is 0.781. The molecule has 0 atom stereocenters. The Labute approximate surface area is 66.8 Å². The van der Waals surface area contributed by atoms with Crippen LogP contribution in [0.1, 0.15) is 6.42 Å². The van der Waals surface area contributed by atoms with Gasteiger partial charge in [-0.2, -0.15) is 0 Å². The van der Waals surface area contributed by atoms with Gasteiger partial charge >= 0.3 is 0 Å². The van der Waals surface area contributed by atoms with Crippen molar-refractivity contribution in [1.82, 2.24) is 0 Å². The molecule has 2 nitrogen and oxygen atoms in total. The van der Waals surface area contributed by atoms with Gasteiger partial charge in [0.1, 0.15) is 11.5 Å². The third-order valence-corrected chi connectivity index (χ3v) is 1.55. The van der Waals surface area contributed by atoms with Crippen LogP contribution in [-0.2, 0) is 9.47 Å². The maximum atomic E-state index is 5.07. The quantitative estimate of drug-likeness (QED) is 0.602. The molecule has 0 saturated carbocycles.